The molecule has 3 aromatic carbocycles. The van der Waals surface area contributed by atoms with Gasteiger partial charge in [-0.25, -0.2) is 0 Å². The topological polar surface area (TPSA) is 57.2 Å². The van der Waals surface area contributed by atoms with E-state index in [4.69, 9.17) is 18.9 Å². The van der Waals surface area contributed by atoms with Gasteiger partial charge in [0, 0.05) is 12.3 Å². The molecule has 184 valence electrons. The molecule has 0 fully saturated rings. The monoisotopic (exact) mass is 493 g/mol. The van der Waals surface area contributed by atoms with Crippen LogP contribution in [0.1, 0.15) is 22.7 Å². The normalized spacial score (nSPS) is 14.7. The van der Waals surface area contributed by atoms with Crippen LogP contribution in [0.5, 0.6) is 23.0 Å². The highest BCUT2D eigenvalue weighted by atomic mass is 32.2. The van der Waals surface area contributed by atoms with Gasteiger partial charge < -0.3 is 23.8 Å². The Hall–Kier alpha value is -3.32. The van der Waals surface area contributed by atoms with E-state index < -0.39 is 0 Å². The van der Waals surface area contributed by atoms with Crippen LogP contribution in [0.25, 0.3) is 0 Å². The number of carbonyl (C=O) groups is 1. The van der Waals surface area contributed by atoms with Gasteiger partial charge in [0.25, 0.3) is 0 Å². The minimum absolute atomic E-state index is 0.0972. The second kappa shape index (κ2) is 11.9. The van der Waals surface area contributed by atoms with E-state index in [0.717, 1.165) is 23.3 Å². The number of amides is 1. The Morgan fingerprint density at radius 3 is 2.26 bits per heavy atom. The fourth-order valence-corrected chi connectivity index (χ4v) is 5.20. The molecule has 0 radical (unpaired) electrons. The van der Waals surface area contributed by atoms with Gasteiger partial charge in [0.05, 0.1) is 33.1 Å². The van der Waals surface area contributed by atoms with E-state index in [9.17, 15) is 4.79 Å². The van der Waals surface area contributed by atoms with E-state index in [0.29, 0.717) is 41.9 Å². The zero-order valence-corrected chi connectivity index (χ0v) is 21.2. The predicted molar refractivity (Wildman–Crippen MR) is 139 cm³/mol. The van der Waals surface area contributed by atoms with Crippen molar-refractivity contribution in [2.45, 2.75) is 18.2 Å². The summed E-state index contributed by atoms with van der Waals surface area (Å²) in [6.07, 6.45) is 0.746. The van der Waals surface area contributed by atoms with Crippen LogP contribution in [-0.2, 0) is 17.0 Å². The molecular weight excluding hydrogens is 462 g/mol. The molecule has 1 amide bonds. The number of ether oxygens (including phenoxy) is 4. The maximum Gasteiger partial charge on any atom is 0.233 e. The minimum Gasteiger partial charge on any atom is -0.493 e. The van der Waals surface area contributed by atoms with Gasteiger partial charge in [-0.2, -0.15) is 0 Å². The van der Waals surface area contributed by atoms with Crippen molar-refractivity contribution in [3.8, 4) is 23.0 Å². The van der Waals surface area contributed by atoms with Crippen LogP contribution >= 0.6 is 11.8 Å². The number of hydrogen-bond acceptors (Lipinski definition) is 6. The van der Waals surface area contributed by atoms with Crippen molar-refractivity contribution in [2.24, 2.45) is 0 Å². The summed E-state index contributed by atoms with van der Waals surface area (Å²) in [5, 5.41) is 0. The van der Waals surface area contributed by atoms with Crippen LogP contribution in [0.4, 0.5) is 0 Å². The Kier molecular flexibility index (Phi) is 8.42. The maximum absolute atomic E-state index is 13.4. The molecule has 0 saturated heterocycles. The average Bonchev–Trinajstić information content (AvgIpc) is 2.91. The molecule has 0 bridgehead atoms. The summed E-state index contributed by atoms with van der Waals surface area (Å²) in [6, 6.07) is 21.5. The van der Waals surface area contributed by atoms with E-state index >= 15 is 0 Å². The van der Waals surface area contributed by atoms with E-state index in [2.05, 4.69) is 12.1 Å². The van der Waals surface area contributed by atoms with Gasteiger partial charge in [-0.05, 0) is 47.4 Å². The van der Waals surface area contributed by atoms with Crippen molar-refractivity contribution in [3.05, 3.63) is 83.4 Å². The zero-order valence-electron chi connectivity index (χ0n) is 20.4. The first-order chi connectivity index (χ1) is 17.1. The highest BCUT2D eigenvalue weighted by molar-refractivity contribution is 7.99. The molecule has 3 aromatic rings. The third-order valence-electron chi connectivity index (χ3n) is 6.13. The molecule has 0 spiro atoms. The molecule has 1 aliphatic heterocycles. The number of hydrogen-bond donors (Lipinski definition) is 0. The molecule has 35 heavy (non-hydrogen) atoms. The molecule has 1 unspecified atom stereocenters. The first kappa shape index (κ1) is 24.8. The van der Waals surface area contributed by atoms with Crippen LogP contribution < -0.4 is 18.9 Å². The van der Waals surface area contributed by atoms with Crippen molar-refractivity contribution in [1.29, 1.82) is 0 Å². The molecule has 0 aromatic heterocycles. The van der Waals surface area contributed by atoms with Crippen molar-refractivity contribution in [3.63, 3.8) is 0 Å². The summed E-state index contributed by atoms with van der Waals surface area (Å²) >= 11 is 1.63. The number of rotatable bonds is 10. The Bertz CT molecular complexity index is 1140. The van der Waals surface area contributed by atoms with Gasteiger partial charge in [-0.1, -0.05) is 42.5 Å². The molecule has 6 nitrogen and oxygen atoms in total. The number of benzene rings is 3. The largest absolute Gasteiger partial charge is 0.493 e. The molecule has 7 heteroatoms. The Labute approximate surface area is 211 Å². The van der Waals surface area contributed by atoms with Crippen LogP contribution in [0.2, 0.25) is 0 Å². The van der Waals surface area contributed by atoms with Crippen LogP contribution in [0.3, 0.4) is 0 Å². The second-order valence-electron chi connectivity index (χ2n) is 8.20. The van der Waals surface area contributed by atoms with E-state index in [-0.39, 0.29) is 11.9 Å². The minimum atomic E-state index is -0.256. The number of fused-ring (bicyclic) bond motifs is 1. The summed E-state index contributed by atoms with van der Waals surface area (Å²) in [4.78, 5) is 15.3. The smallest absolute Gasteiger partial charge is 0.233 e. The van der Waals surface area contributed by atoms with Gasteiger partial charge in [0.2, 0.25) is 5.91 Å². The first-order valence-electron chi connectivity index (χ1n) is 11.6. The molecule has 0 aliphatic carbocycles. The number of methoxy groups -OCH3 is 3. The summed E-state index contributed by atoms with van der Waals surface area (Å²) in [6.45, 7) is 0.922. The number of nitrogens with zero attached hydrogens (tertiary/aromatic N) is 1. The van der Waals surface area contributed by atoms with Crippen LogP contribution in [-0.4, -0.2) is 51.0 Å². The Morgan fingerprint density at radius 1 is 0.886 bits per heavy atom. The molecule has 1 atom stereocenters. The lowest BCUT2D eigenvalue weighted by Gasteiger charge is -2.37. The fraction of sp³-hybridized carbons (Fsp3) is 0.321. The Balaban J connectivity index is 1.56. The third-order valence-corrected chi connectivity index (χ3v) is 7.11. The first-order valence-corrected chi connectivity index (χ1v) is 12.7. The van der Waals surface area contributed by atoms with Crippen molar-refractivity contribution >= 4 is 17.7 Å². The van der Waals surface area contributed by atoms with Gasteiger partial charge in [-0.15, -0.1) is 11.8 Å². The van der Waals surface area contributed by atoms with Gasteiger partial charge in [0.15, 0.2) is 23.0 Å². The third kappa shape index (κ3) is 5.85. The maximum atomic E-state index is 13.4. The standard InChI is InChI=1S/C28H31NO5S/c1-31-24-11-7-8-12-25(24)34-17-23-22-16-27(33-3)26(32-2)15-21(22)13-14-29(23)28(30)19-35-18-20-9-5-4-6-10-20/h4-12,15-16,23H,13-14,17-19H2,1-3H3. The van der Waals surface area contributed by atoms with Gasteiger partial charge in [0.1, 0.15) is 6.61 Å². The number of carbonyl (C=O) groups excluding carboxylic acids is 1. The van der Waals surface area contributed by atoms with Crippen molar-refractivity contribution in [1.82, 2.24) is 4.90 Å². The van der Waals surface area contributed by atoms with Gasteiger partial charge in [-0.3, -0.25) is 4.79 Å². The molecule has 0 saturated carbocycles. The summed E-state index contributed by atoms with van der Waals surface area (Å²) < 4.78 is 22.7. The van der Waals surface area contributed by atoms with Gasteiger partial charge >= 0.3 is 0 Å². The quantitative estimate of drug-likeness (QED) is 0.389. The van der Waals surface area contributed by atoms with Crippen LogP contribution in [0.15, 0.2) is 66.7 Å². The van der Waals surface area contributed by atoms with E-state index in [1.54, 1.807) is 33.1 Å². The SMILES string of the molecule is COc1cc2c(cc1OC)C(COc1ccccc1OC)N(C(=O)CSCc1ccccc1)CC2. The fourth-order valence-electron chi connectivity index (χ4n) is 4.33. The van der Waals surface area contributed by atoms with Crippen molar-refractivity contribution < 1.29 is 23.7 Å². The highest BCUT2D eigenvalue weighted by Gasteiger charge is 2.33. The number of para-hydroxylation sites is 2. The lowest BCUT2D eigenvalue weighted by Crippen LogP contribution is -2.43. The van der Waals surface area contributed by atoms with Crippen LogP contribution in [0, 0.1) is 0 Å². The molecule has 1 aliphatic rings. The summed E-state index contributed by atoms with van der Waals surface area (Å²) in [5.41, 5.74) is 3.37. The highest BCUT2D eigenvalue weighted by Crippen LogP contribution is 2.39. The Morgan fingerprint density at radius 2 is 1.54 bits per heavy atom. The second-order valence-corrected chi connectivity index (χ2v) is 9.18. The van der Waals surface area contributed by atoms with Crippen molar-refractivity contribution in [2.75, 3.05) is 40.2 Å². The summed E-state index contributed by atoms with van der Waals surface area (Å²) in [7, 11) is 4.88. The zero-order chi connectivity index (χ0) is 24.6. The predicted octanol–water partition coefficient (Wildman–Crippen LogP) is 5.15. The molecular formula is C28H31NO5S. The lowest BCUT2D eigenvalue weighted by molar-refractivity contribution is -0.132. The molecule has 4 rings (SSSR count). The summed E-state index contributed by atoms with van der Waals surface area (Å²) in [5.74, 6) is 3.93. The molecule has 1 heterocycles. The molecule has 0 N–H and O–H groups in total. The lowest BCUT2D eigenvalue weighted by atomic mass is 9.92. The van der Waals surface area contributed by atoms with E-state index in [1.807, 2.05) is 59.5 Å². The average molecular weight is 494 g/mol. The number of thioether (sulfide) groups is 1. The van der Waals surface area contributed by atoms with E-state index in [1.165, 1.54) is 5.56 Å².